The van der Waals surface area contributed by atoms with E-state index >= 15 is 0 Å². The predicted octanol–water partition coefficient (Wildman–Crippen LogP) is 1.88. The fraction of sp³-hybridized carbons (Fsp3) is 0.867. The molecule has 1 saturated carbocycles. The molecular formula is C15H28N4O. The molecule has 1 heterocycles. The van der Waals surface area contributed by atoms with Gasteiger partial charge in [0.15, 0.2) is 0 Å². The maximum Gasteiger partial charge on any atom is 0.138 e. The third kappa shape index (κ3) is 4.03. The van der Waals surface area contributed by atoms with Gasteiger partial charge in [-0.05, 0) is 24.2 Å². The van der Waals surface area contributed by atoms with E-state index in [2.05, 4.69) is 33.9 Å². The molecule has 5 heteroatoms. The second kappa shape index (κ2) is 7.18. The van der Waals surface area contributed by atoms with Gasteiger partial charge < -0.3 is 10.1 Å². The van der Waals surface area contributed by atoms with E-state index in [4.69, 9.17) is 4.74 Å². The average Bonchev–Trinajstić information content (AvgIpc) is 2.77. The Balaban J connectivity index is 1.90. The number of ether oxygens (including phenoxy) is 1. The number of aromatic nitrogens is 3. The minimum Gasteiger partial charge on any atom is -0.383 e. The zero-order valence-electron chi connectivity index (χ0n) is 13.1. The molecule has 1 N–H and O–H groups in total. The first-order valence-electron chi connectivity index (χ1n) is 7.71. The number of nitrogens with one attached hydrogen (secondary N) is 1. The normalized spacial score (nSPS) is 17.4. The number of rotatable bonds is 9. The first-order chi connectivity index (χ1) is 9.65. The third-order valence-corrected chi connectivity index (χ3v) is 4.16. The zero-order valence-corrected chi connectivity index (χ0v) is 13.1. The highest BCUT2D eigenvalue weighted by molar-refractivity contribution is 4.99. The van der Waals surface area contributed by atoms with Crippen LogP contribution >= 0.6 is 0 Å². The first kappa shape index (κ1) is 15.4. The molecule has 0 atom stereocenters. The van der Waals surface area contributed by atoms with Crippen molar-refractivity contribution < 1.29 is 4.74 Å². The Labute approximate surface area is 122 Å². The van der Waals surface area contributed by atoms with Gasteiger partial charge in [-0.25, -0.2) is 9.67 Å². The molecule has 20 heavy (non-hydrogen) atoms. The lowest BCUT2D eigenvalue weighted by Crippen LogP contribution is -2.43. The van der Waals surface area contributed by atoms with Crippen LogP contribution in [0.5, 0.6) is 0 Å². The van der Waals surface area contributed by atoms with Gasteiger partial charge in [0.1, 0.15) is 12.2 Å². The van der Waals surface area contributed by atoms with Gasteiger partial charge in [0.25, 0.3) is 0 Å². The quantitative estimate of drug-likeness (QED) is 0.702. The van der Waals surface area contributed by atoms with Crippen LogP contribution in [0.3, 0.4) is 0 Å². The van der Waals surface area contributed by atoms with Crippen molar-refractivity contribution in [2.45, 2.75) is 46.1 Å². The Morgan fingerprint density at radius 2 is 2.25 bits per heavy atom. The summed E-state index contributed by atoms with van der Waals surface area (Å²) in [6.07, 6.45) is 6.66. The second-order valence-corrected chi connectivity index (χ2v) is 6.45. The van der Waals surface area contributed by atoms with Crippen molar-refractivity contribution in [2.24, 2.45) is 11.3 Å². The molecule has 0 aliphatic heterocycles. The Morgan fingerprint density at radius 3 is 2.85 bits per heavy atom. The lowest BCUT2D eigenvalue weighted by atomic mass is 9.66. The lowest BCUT2D eigenvalue weighted by Gasteiger charge is -2.42. The van der Waals surface area contributed by atoms with E-state index in [0.717, 1.165) is 38.5 Å². The molecular weight excluding hydrogens is 252 g/mol. The molecule has 0 spiro atoms. The Morgan fingerprint density at radius 1 is 1.45 bits per heavy atom. The predicted molar refractivity (Wildman–Crippen MR) is 79.6 cm³/mol. The first-order valence-corrected chi connectivity index (χ1v) is 7.71. The minimum absolute atomic E-state index is 0.384. The van der Waals surface area contributed by atoms with Gasteiger partial charge in [-0.15, -0.1) is 0 Å². The van der Waals surface area contributed by atoms with Crippen LogP contribution in [0, 0.1) is 11.3 Å². The van der Waals surface area contributed by atoms with E-state index in [1.54, 1.807) is 13.4 Å². The smallest absolute Gasteiger partial charge is 0.138 e. The summed E-state index contributed by atoms with van der Waals surface area (Å²) < 4.78 is 7.17. The SMILES string of the molecule is COCCNCC1(Cc2ncnn2CC(C)C)CCC1. The van der Waals surface area contributed by atoms with Crippen LogP contribution in [-0.4, -0.2) is 41.6 Å². The van der Waals surface area contributed by atoms with Crippen molar-refractivity contribution in [1.82, 2.24) is 20.1 Å². The van der Waals surface area contributed by atoms with Gasteiger partial charge in [-0.1, -0.05) is 20.3 Å². The number of nitrogens with zero attached hydrogens (tertiary/aromatic N) is 3. The van der Waals surface area contributed by atoms with E-state index in [0.29, 0.717) is 11.3 Å². The summed E-state index contributed by atoms with van der Waals surface area (Å²) in [5.74, 6) is 1.75. The van der Waals surface area contributed by atoms with Gasteiger partial charge in [-0.2, -0.15) is 5.10 Å². The van der Waals surface area contributed by atoms with Crippen molar-refractivity contribution >= 4 is 0 Å². The van der Waals surface area contributed by atoms with Crippen molar-refractivity contribution in [3.63, 3.8) is 0 Å². The van der Waals surface area contributed by atoms with Crippen molar-refractivity contribution in [3.05, 3.63) is 12.2 Å². The highest BCUT2D eigenvalue weighted by Crippen LogP contribution is 2.42. The molecule has 114 valence electrons. The fourth-order valence-electron chi connectivity index (χ4n) is 2.88. The molecule has 1 aliphatic carbocycles. The monoisotopic (exact) mass is 280 g/mol. The Kier molecular flexibility index (Phi) is 5.54. The van der Waals surface area contributed by atoms with Gasteiger partial charge in [-0.3, -0.25) is 0 Å². The molecule has 5 nitrogen and oxygen atoms in total. The second-order valence-electron chi connectivity index (χ2n) is 6.45. The van der Waals surface area contributed by atoms with Crippen LogP contribution in [0.15, 0.2) is 6.33 Å². The van der Waals surface area contributed by atoms with Crippen molar-refractivity contribution in [3.8, 4) is 0 Å². The third-order valence-electron chi connectivity index (χ3n) is 4.16. The molecule has 1 aliphatic rings. The molecule has 0 radical (unpaired) electrons. The van der Waals surface area contributed by atoms with Crippen LogP contribution in [0.4, 0.5) is 0 Å². The van der Waals surface area contributed by atoms with Gasteiger partial charge >= 0.3 is 0 Å². The summed E-state index contributed by atoms with van der Waals surface area (Å²) in [4.78, 5) is 4.48. The summed E-state index contributed by atoms with van der Waals surface area (Å²) in [5, 5.41) is 7.89. The molecule has 0 saturated heterocycles. The molecule has 0 aromatic carbocycles. The average molecular weight is 280 g/mol. The largest absolute Gasteiger partial charge is 0.383 e. The summed E-state index contributed by atoms with van der Waals surface area (Å²) in [6.45, 7) is 8.16. The zero-order chi connectivity index (χ0) is 14.4. The van der Waals surface area contributed by atoms with E-state index in [1.165, 1.54) is 19.3 Å². The molecule has 2 rings (SSSR count). The van der Waals surface area contributed by atoms with E-state index < -0.39 is 0 Å². The van der Waals surface area contributed by atoms with Crippen LogP contribution in [-0.2, 0) is 17.7 Å². The minimum atomic E-state index is 0.384. The van der Waals surface area contributed by atoms with E-state index in [-0.39, 0.29) is 0 Å². The maximum atomic E-state index is 5.09. The molecule has 0 bridgehead atoms. The summed E-state index contributed by atoms with van der Waals surface area (Å²) in [6, 6.07) is 0. The summed E-state index contributed by atoms with van der Waals surface area (Å²) in [5.41, 5.74) is 0.384. The Bertz CT molecular complexity index is 398. The molecule has 1 aromatic rings. The van der Waals surface area contributed by atoms with Gasteiger partial charge in [0, 0.05) is 33.2 Å². The van der Waals surface area contributed by atoms with Gasteiger partial charge in [0.2, 0.25) is 0 Å². The highest BCUT2D eigenvalue weighted by atomic mass is 16.5. The maximum absolute atomic E-state index is 5.09. The van der Waals surface area contributed by atoms with Gasteiger partial charge in [0.05, 0.1) is 6.61 Å². The number of hydrogen-bond acceptors (Lipinski definition) is 4. The van der Waals surface area contributed by atoms with Crippen LogP contribution in [0.1, 0.15) is 38.9 Å². The molecule has 0 unspecified atom stereocenters. The van der Waals surface area contributed by atoms with Crippen LogP contribution in [0.25, 0.3) is 0 Å². The molecule has 0 amide bonds. The standard InChI is InChI=1S/C15H28N4O/c1-13(2)10-19-14(17-12-18-19)9-15(5-4-6-15)11-16-7-8-20-3/h12-13,16H,4-11H2,1-3H3. The fourth-order valence-corrected chi connectivity index (χ4v) is 2.88. The number of methoxy groups -OCH3 is 1. The van der Waals surface area contributed by atoms with Crippen molar-refractivity contribution in [2.75, 3.05) is 26.8 Å². The lowest BCUT2D eigenvalue weighted by molar-refractivity contribution is 0.118. The Hall–Kier alpha value is -0.940. The summed E-state index contributed by atoms with van der Waals surface area (Å²) >= 11 is 0. The van der Waals surface area contributed by atoms with Crippen LogP contribution in [0.2, 0.25) is 0 Å². The molecule has 1 fully saturated rings. The van der Waals surface area contributed by atoms with Crippen molar-refractivity contribution in [1.29, 1.82) is 0 Å². The highest BCUT2D eigenvalue weighted by Gasteiger charge is 2.37. The number of hydrogen-bond donors (Lipinski definition) is 1. The van der Waals surface area contributed by atoms with Crippen LogP contribution < -0.4 is 5.32 Å². The summed E-state index contributed by atoms with van der Waals surface area (Å²) in [7, 11) is 1.75. The van der Waals surface area contributed by atoms with E-state index in [9.17, 15) is 0 Å². The van der Waals surface area contributed by atoms with E-state index in [1.807, 2.05) is 0 Å². The molecule has 1 aromatic heterocycles. The topological polar surface area (TPSA) is 52.0 Å².